The number of hydrogen-bond acceptors (Lipinski definition) is 3. The van der Waals surface area contributed by atoms with Gasteiger partial charge in [0.2, 0.25) is 26.9 Å². The minimum atomic E-state index is -0.0576. The summed E-state index contributed by atoms with van der Waals surface area (Å²) < 4.78 is 0. The van der Waals surface area contributed by atoms with Crippen LogP contribution in [0.25, 0.3) is 6.08 Å². The molecule has 1 aromatic rings. The fourth-order valence-electron chi connectivity index (χ4n) is 5.35. The first kappa shape index (κ1) is 36.6. The minimum absolute atomic E-state index is 0.0576. The molecule has 0 fully saturated rings. The largest absolute Gasteiger partial charge is 0.506 e. The fraction of sp³-hybridized carbons (Fsp3) is 0.600. The Morgan fingerprint density at radius 1 is 0.773 bits per heavy atom. The summed E-state index contributed by atoms with van der Waals surface area (Å²) in [4.78, 5) is 18.9. The fourth-order valence-corrected chi connectivity index (χ4v) is 7.70. The molecule has 0 unspecified atom stereocenters. The van der Waals surface area contributed by atoms with Crippen LogP contribution in [0.3, 0.4) is 0 Å². The van der Waals surface area contributed by atoms with Crippen LogP contribution in [-0.2, 0) is 17.6 Å². The van der Waals surface area contributed by atoms with Crippen LogP contribution in [0.15, 0.2) is 62.6 Å². The third-order valence-corrected chi connectivity index (χ3v) is 10.4. The van der Waals surface area contributed by atoms with Gasteiger partial charge < -0.3 is 5.11 Å². The predicted molar refractivity (Wildman–Crippen MR) is 196 cm³/mol. The molecular formula is C40H59O2S2+. The highest BCUT2D eigenvalue weighted by Crippen LogP contribution is 2.40. The van der Waals surface area contributed by atoms with Crippen LogP contribution in [-0.4, -0.2) is 10.9 Å². The lowest BCUT2D eigenvalue weighted by molar-refractivity contribution is -0.113. The van der Waals surface area contributed by atoms with Gasteiger partial charge in [-0.15, -0.1) is 0 Å². The van der Waals surface area contributed by atoms with Crippen LogP contribution in [0.4, 0.5) is 0 Å². The lowest BCUT2D eigenvalue weighted by Crippen LogP contribution is -2.21. The summed E-state index contributed by atoms with van der Waals surface area (Å²) in [6.07, 6.45) is 19.5. The second kappa shape index (κ2) is 16.1. The molecule has 2 aliphatic rings. The molecule has 0 bridgehead atoms. The number of ketones is 1. The van der Waals surface area contributed by atoms with Crippen LogP contribution >= 0.6 is 23.1 Å². The number of thioether (sulfide) groups is 1. The van der Waals surface area contributed by atoms with E-state index in [2.05, 4.69) is 93.5 Å². The van der Waals surface area contributed by atoms with E-state index in [9.17, 15) is 9.90 Å². The minimum Gasteiger partial charge on any atom is -0.506 e. The molecule has 1 aliphatic carbocycles. The Morgan fingerprint density at radius 2 is 1.25 bits per heavy atom. The topological polar surface area (TPSA) is 37.3 Å². The average molecular weight is 636 g/mol. The quantitative estimate of drug-likeness (QED) is 0.163. The SMILES string of the molecule is CC(C)CCCC1=CC(=CC2=C(O)C(=Cc3cc(CCC(C)(C)C)[s+]c(CCC(C)(C)C)c3)C2=O)C=C(CCCC(C)C)S1. The molecule has 1 aliphatic heterocycles. The number of carbonyl (C=O) groups excluding carboxylic acids is 1. The van der Waals surface area contributed by atoms with E-state index in [1.54, 1.807) is 0 Å². The Bertz CT molecular complexity index is 1250. The maximum Gasteiger partial charge on any atom is 0.218 e. The number of carbonyl (C=O) groups is 1. The highest BCUT2D eigenvalue weighted by molar-refractivity contribution is 8.06. The summed E-state index contributed by atoms with van der Waals surface area (Å²) in [7, 11) is 0. The number of aliphatic hydroxyl groups excluding tert-OH is 1. The lowest BCUT2D eigenvalue weighted by atomic mass is 9.85. The third kappa shape index (κ3) is 12.5. The number of allylic oxidation sites excluding steroid dienone is 8. The first-order chi connectivity index (χ1) is 20.5. The van der Waals surface area contributed by atoms with Gasteiger partial charge in [-0.3, -0.25) is 4.79 Å². The van der Waals surface area contributed by atoms with Gasteiger partial charge in [-0.05, 0) is 106 Å². The molecule has 0 aromatic carbocycles. The van der Waals surface area contributed by atoms with Crippen LogP contribution < -0.4 is 0 Å². The molecule has 0 amide bonds. The van der Waals surface area contributed by atoms with Gasteiger partial charge in [0.15, 0.2) is 0 Å². The maximum atomic E-state index is 13.4. The molecule has 242 valence electrons. The van der Waals surface area contributed by atoms with Crippen molar-refractivity contribution in [1.82, 2.24) is 0 Å². The molecule has 1 aromatic heterocycles. The smallest absolute Gasteiger partial charge is 0.218 e. The van der Waals surface area contributed by atoms with E-state index in [4.69, 9.17) is 0 Å². The van der Waals surface area contributed by atoms with Crippen LogP contribution in [0, 0.1) is 22.7 Å². The summed E-state index contributed by atoms with van der Waals surface area (Å²) in [5.41, 5.74) is 3.46. The van der Waals surface area contributed by atoms with E-state index in [0.29, 0.717) is 23.0 Å². The molecule has 0 radical (unpaired) electrons. The van der Waals surface area contributed by atoms with Gasteiger partial charge in [-0.2, -0.15) is 0 Å². The van der Waals surface area contributed by atoms with Crippen molar-refractivity contribution in [2.45, 2.75) is 133 Å². The predicted octanol–water partition coefficient (Wildman–Crippen LogP) is 12.9. The monoisotopic (exact) mass is 635 g/mol. The summed E-state index contributed by atoms with van der Waals surface area (Å²) in [6.45, 7) is 22.8. The van der Waals surface area contributed by atoms with Gasteiger partial charge >= 0.3 is 0 Å². The van der Waals surface area contributed by atoms with Crippen LogP contribution in [0.2, 0.25) is 0 Å². The standard InChI is InChI=1S/C40H58O2S2/c1-27(2)13-11-15-31-21-29(22-32(43-31)16-12-14-28(3)4)25-35-37(41)36(38(35)42)26-30-23-33(17-19-39(5,6)7)44-34(24-30)18-20-40(8,9)10/h21-28H,11-20H2,1-10H3/p+1. The van der Waals surface area contributed by atoms with Crippen molar-refractivity contribution in [3.63, 3.8) is 0 Å². The lowest BCUT2D eigenvalue weighted by Gasteiger charge is -2.21. The number of hydrogen-bond donors (Lipinski definition) is 1. The summed E-state index contributed by atoms with van der Waals surface area (Å²) in [5.74, 6) is 1.48. The van der Waals surface area contributed by atoms with Crippen LogP contribution in [0.5, 0.6) is 0 Å². The molecule has 3 rings (SSSR count). The Balaban J connectivity index is 1.89. The van der Waals surface area contributed by atoms with E-state index < -0.39 is 0 Å². The average Bonchev–Trinajstić information content (AvgIpc) is 2.91. The van der Waals surface area contributed by atoms with Crippen molar-refractivity contribution in [1.29, 1.82) is 0 Å². The van der Waals surface area contributed by atoms with Gasteiger partial charge in [0.05, 0.1) is 11.1 Å². The van der Waals surface area contributed by atoms with Crippen molar-refractivity contribution >= 4 is 35.0 Å². The van der Waals surface area contributed by atoms with E-state index in [0.717, 1.165) is 49.7 Å². The zero-order chi connectivity index (χ0) is 32.7. The van der Waals surface area contributed by atoms with E-state index in [1.165, 1.54) is 45.2 Å². The van der Waals surface area contributed by atoms with Crippen molar-refractivity contribution in [3.8, 4) is 0 Å². The molecule has 2 nitrogen and oxygen atoms in total. The molecular weight excluding hydrogens is 577 g/mol. The molecule has 44 heavy (non-hydrogen) atoms. The van der Waals surface area contributed by atoms with Gasteiger partial charge in [0.1, 0.15) is 5.76 Å². The second-order valence-electron chi connectivity index (χ2n) is 16.1. The van der Waals surface area contributed by atoms with Gasteiger partial charge in [-0.1, -0.05) is 93.8 Å². The normalized spacial score (nSPS) is 17.0. The zero-order valence-corrected chi connectivity index (χ0v) is 31.0. The molecule has 0 atom stereocenters. The van der Waals surface area contributed by atoms with Gasteiger partial charge in [0.25, 0.3) is 0 Å². The highest BCUT2D eigenvalue weighted by atomic mass is 32.2. The summed E-state index contributed by atoms with van der Waals surface area (Å²) in [6, 6.07) is 4.44. The van der Waals surface area contributed by atoms with Gasteiger partial charge in [0, 0.05) is 25.0 Å². The van der Waals surface area contributed by atoms with Crippen LogP contribution in [0.1, 0.15) is 136 Å². The molecule has 2 heterocycles. The number of aliphatic hydroxyl groups is 1. The van der Waals surface area contributed by atoms with E-state index >= 15 is 0 Å². The number of Topliss-reactive ketones (excluding diaryl/α,β-unsaturated/α-hetero) is 1. The highest BCUT2D eigenvalue weighted by Gasteiger charge is 2.33. The molecule has 4 heteroatoms. The third-order valence-electron chi connectivity index (χ3n) is 8.11. The van der Waals surface area contributed by atoms with Crippen molar-refractivity contribution in [2.75, 3.05) is 0 Å². The van der Waals surface area contributed by atoms with E-state index in [-0.39, 0.29) is 22.4 Å². The maximum absolute atomic E-state index is 13.4. The Labute approximate surface area is 277 Å². The molecule has 0 saturated heterocycles. The first-order valence-electron chi connectivity index (χ1n) is 17.0. The van der Waals surface area contributed by atoms with E-state index in [1.807, 2.05) is 35.3 Å². The number of rotatable bonds is 14. The van der Waals surface area contributed by atoms with Crippen molar-refractivity contribution < 1.29 is 9.90 Å². The van der Waals surface area contributed by atoms with Crippen molar-refractivity contribution in [2.24, 2.45) is 22.7 Å². The Hall–Kier alpha value is -1.91. The molecule has 1 N–H and O–H groups in total. The van der Waals surface area contributed by atoms with Gasteiger partial charge in [-0.25, -0.2) is 0 Å². The number of aryl methyl sites for hydroxylation is 2. The Morgan fingerprint density at radius 3 is 1.66 bits per heavy atom. The Kier molecular flexibility index (Phi) is 13.4. The summed E-state index contributed by atoms with van der Waals surface area (Å²) in [5, 5.41) is 11.1. The second-order valence-corrected chi connectivity index (χ2v) is 18.6. The van der Waals surface area contributed by atoms with Crippen molar-refractivity contribution in [3.05, 3.63) is 78.0 Å². The zero-order valence-electron chi connectivity index (χ0n) is 29.4. The first-order valence-corrected chi connectivity index (χ1v) is 18.6. The summed E-state index contributed by atoms with van der Waals surface area (Å²) >= 11 is 3.81. The molecule has 0 saturated carbocycles. The molecule has 0 spiro atoms.